The highest BCUT2D eigenvalue weighted by molar-refractivity contribution is 7.88. The van der Waals surface area contributed by atoms with Crippen molar-refractivity contribution in [3.63, 3.8) is 0 Å². The summed E-state index contributed by atoms with van der Waals surface area (Å²) in [7, 11) is -1.38. The van der Waals surface area contributed by atoms with Crippen LogP contribution < -0.4 is 9.62 Å². The van der Waals surface area contributed by atoms with Crippen LogP contribution >= 0.6 is 0 Å². The van der Waals surface area contributed by atoms with Gasteiger partial charge in [0.25, 0.3) is 0 Å². The lowest BCUT2D eigenvalue weighted by Crippen LogP contribution is -2.51. The summed E-state index contributed by atoms with van der Waals surface area (Å²) in [6.45, 7) is 1.20. The largest absolute Gasteiger partial charge is 0.376 e. The second-order valence-corrected chi connectivity index (χ2v) is 10.4. The van der Waals surface area contributed by atoms with Crippen molar-refractivity contribution >= 4 is 21.6 Å². The number of anilines is 1. The zero-order valence-electron chi connectivity index (χ0n) is 17.2. The monoisotopic (exact) mass is 421 g/mol. The summed E-state index contributed by atoms with van der Waals surface area (Å²) in [5, 5.41) is 0. The molecule has 4 aliphatic rings. The fourth-order valence-electron chi connectivity index (χ4n) is 5.12. The van der Waals surface area contributed by atoms with Crippen LogP contribution in [0.5, 0.6) is 0 Å². The molecular formula is C21H31N3O4S. The van der Waals surface area contributed by atoms with Crippen molar-refractivity contribution in [1.29, 1.82) is 0 Å². The first-order valence-corrected chi connectivity index (χ1v) is 12.4. The van der Waals surface area contributed by atoms with Gasteiger partial charge in [-0.1, -0.05) is 18.2 Å². The summed E-state index contributed by atoms with van der Waals surface area (Å²) in [4.78, 5) is 17.0. The molecule has 7 nitrogen and oxygen atoms in total. The number of para-hydroxylation sites is 1. The normalized spacial score (nSPS) is 30.9. The van der Waals surface area contributed by atoms with Crippen LogP contribution in [-0.4, -0.2) is 70.4 Å². The lowest BCUT2D eigenvalue weighted by atomic mass is 9.82. The number of carbonyl (C=O) groups is 1. The number of carbonyl (C=O) groups excluding carboxylic acids is 1. The Morgan fingerprint density at radius 2 is 1.83 bits per heavy atom. The van der Waals surface area contributed by atoms with Crippen LogP contribution in [0.3, 0.4) is 0 Å². The number of rotatable bonds is 2. The quantitative estimate of drug-likeness (QED) is 0.786. The molecule has 0 aromatic heterocycles. The number of nitrogens with one attached hydrogen (secondary N) is 1. The molecule has 3 heterocycles. The van der Waals surface area contributed by atoms with E-state index in [1.807, 2.05) is 22.9 Å². The molecule has 29 heavy (non-hydrogen) atoms. The molecular weight excluding hydrogens is 390 g/mol. The molecule has 5 rings (SSSR count). The standard InChI is InChI=1S/C21H31N3O4S/c1-23-13-21(25)24-12-11-18(22-29(2,26)27)20(24)14-28-16-9-7-15(8-10-16)17-5-3-4-6-19(17)23/h3-6,15-16,18,20,22H,7-14H2,1-2H3/t15?,16?,18-,20?/m0/s1. The van der Waals surface area contributed by atoms with E-state index in [9.17, 15) is 13.2 Å². The fourth-order valence-corrected chi connectivity index (χ4v) is 5.94. The zero-order valence-corrected chi connectivity index (χ0v) is 18.0. The highest BCUT2D eigenvalue weighted by atomic mass is 32.2. The van der Waals surface area contributed by atoms with Crippen LogP contribution in [0, 0.1) is 0 Å². The van der Waals surface area contributed by atoms with Crippen molar-refractivity contribution < 1.29 is 17.9 Å². The topological polar surface area (TPSA) is 79.0 Å². The number of amides is 1. The van der Waals surface area contributed by atoms with Crippen molar-refractivity contribution in [2.45, 2.75) is 56.2 Å². The van der Waals surface area contributed by atoms with Crippen LogP contribution in [0.15, 0.2) is 24.3 Å². The Labute approximate surface area is 173 Å². The van der Waals surface area contributed by atoms with E-state index in [0.717, 1.165) is 31.4 Å². The van der Waals surface area contributed by atoms with Gasteiger partial charge in [-0.15, -0.1) is 0 Å². The Bertz CT molecular complexity index is 851. The number of benzene rings is 1. The van der Waals surface area contributed by atoms with E-state index in [0.29, 0.717) is 25.5 Å². The number of ether oxygens (including phenoxy) is 1. The van der Waals surface area contributed by atoms with E-state index >= 15 is 0 Å². The average molecular weight is 422 g/mol. The van der Waals surface area contributed by atoms with Gasteiger partial charge in [-0.3, -0.25) is 4.79 Å². The maximum atomic E-state index is 13.2. The zero-order chi connectivity index (χ0) is 20.6. The molecule has 1 saturated carbocycles. The summed E-state index contributed by atoms with van der Waals surface area (Å²) >= 11 is 0. The van der Waals surface area contributed by atoms with E-state index in [4.69, 9.17) is 4.74 Å². The Hall–Kier alpha value is -1.64. The molecule has 1 saturated heterocycles. The van der Waals surface area contributed by atoms with E-state index in [1.165, 1.54) is 11.8 Å². The smallest absolute Gasteiger partial charge is 0.242 e. The van der Waals surface area contributed by atoms with Gasteiger partial charge in [0.2, 0.25) is 15.9 Å². The molecule has 2 bridgehead atoms. The number of sulfonamides is 1. The van der Waals surface area contributed by atoms with E-state index in [1.54, 1.807) is 0 Å². The van der Waals surface area contributed by atoms with E-state index in [2.05, 4.69) is 22.9 Å². The predicted molar refractivity (Wildman–Crippen MR) is 113 cm³/mol. The molecule has 1 aromatic carbocycles. The van der Waals surface area contributed by atoms with Crippen LogP contribution in [0.4, 0.5) is 5.69 Å². The Morgan fingerprint density at radius 3 is 2.55 bits per heavy atom. The predicted octanol–water partition coefficient (Wildman–Crippen LogP) is 1.70. The third-order valence-electron chi connectivity index (χ3n) is 6.57. The highest BCUT2D eigenvalue weighted by Gasteiger charge is 2.40. The molecule has 2 atom stereocenters. The Kier molecular flexibility index (Phi) is 5.86. The van der Waals surface area contributed by atoms with Crippen LogP contribution in [0.2, 0.25) is 0 Å². The van der Waals surface area contributed by atoms with Gasteiger partial charge < -0.3 is 14.5 Å². The van der Waals surface area contributed by atoms with Crippen molar-refractivity contribution in [2.24, 2.45) is 0 Å². The lowest BCUT2D eigenvalue weighted by molar-refractivity contribution is -0.132. The highest BCUT2D eigenvalue weighted by Crippen LogP contribution is 2.39. The Morgan fingerprint density at radius 1 is 1.10 bits per heavy atom. The first-order valence-electron chi connectivity index (χ1n) is 10.5. The molecule has 0 spiro atoms. The third kappa shape index (κ3) is 4.59. The maximum absolute atomic E-state index is 13.2. The summed E-state index contributed by atoms with van der Waals surface area (Å²) < 4.78 is 32.6. The van der Waals surface area contributed by atoms with Gasteiger partial charge in [-0.05, 0) is 49.7 Å². The molecule has 3 aliphatic heterocycles. The van der Waals surface area contributed by atoms with Gasteiger partial charge in [-0.2, -0.15) is 0 Å². The van der Waals surface area contributed by atoms with Gasteiger partial charge in [0.1, 0.15) is 0 Å². The summed E-state index contributed by atoms with van der Waals surface area (Å²) in [5.41, 5.74) is 2.43. The molecule has 1 amide bonds. The Balaban J connectivity index is 1.63. The van der Waals surface area contributed by atoms with Gasteiger partial charge in [-0.25, -0.2) is 13.1 Å². The van der Waals surface area contributed by atoms with Crippen molar-refractivity contribution in [3.8, 4) is 0 Å². The van der Waals surface area contributed by atoms with E-state index < -0.39 is 10.0 Å². The molecule has 8 heteroatoms. The number of fused-ring (bicyclic) bond motifs is 5. The minimum atomic E-state index is -3.35. The first-order chi connectivity index (χ1) is 13.8. The molecule has 1 unspecified atom stereocenters. The number of hydrogen-bond donors (Lipinski definition) is 1. The van der Waals surface area contributed by atoms with E-state index in [-0.39, 0.29) is 30.6 Å². The SMILES string of the molecule is CN1CC(=O)N2CC[C@H](NS(C)(=O)=O)C2COC2CCC(CC2)c2ccccc21. The van der Waals surface area contributed by atoms with Crippen molar-refractivity contribution in [1.82, 2.24) is 9.62 Å². The second-order valence-electron chi connectivity index (χ2n) is 8.66. The summed E-state index contributed by atoms with van der Waals surface area (Å²) in [5.74, 6) is 0.504. The third-order valence-corrected chi connectivity index (χ3v) is 7.30. The second kappa shape index (κ2) is 8.24. The molecule has 2 fully saturated rings. The summed E-state index contributed by atoms with van der Waals surface area (Å²) in [6.07, 6.45) is 6.09. The molecule has 0 radical (unpaired) electrons. The van der Waals surface area contributed by atoms with Crippen molar-refractivity contribution in [2.75, 3.05) is 37.9 Å². The number of likely N-dealkylation sites (N-methyl/N-ethyl adjacent to an activating group) is 1. The van der Waals surface area contributed by atoms with Gasteiger partial charge in [0.15, 0.2) is 0 Å². The van der Waals surface area contributed by atoms with Crippen LogP contribution in [-0.2, 0) is 19.6 Å². The fraction of sp³-hybridized carbons (Fsp3) is 0.667. The minimum absolute atomic E-state index is 0.0142. The molecule has 160 valence electrons. The molecule has 1 aromatic rings. The summed E-state index contributed by atoms with van der Waals surface area (Å²) in [6, 6.07) is 7.82. The van der Waals surface area contributed by atoms with Gasteiger partial charge >= 0.3 is 0 Å². The maximum Gasteiger partial charge on any atom is 0.242 e. The van der Waals surface area contributed by atoms with Crippen molar-refractivity contribution in [3.05, 3.63) is 29.8 Å². The number of nitrogens with zero attached hydrogens (tertiary/aromatic N) is 2. The molecule has 1 aliphatic carbocycles. The minimum Gasteiger partial charge on any atom is -0.376 e. The van der Waals surface area contributed by atoms with Gasteiger partial charge in [0.05, 0.1) is 31.6 Å². The average Bonchev–Trinajstić information content (AvgIpc) is 3.07. The molecule has 1 N–H and O–H groups in total. The first kappa shape index (κ1) is 20.6. The number of hydrogen-bond acceptors (Lipinski definition) is 5. The van der Waals surface area contributed by atoms with Crippen LogP contribution in [0.1, 0.15) is 43.6 Å². The lowest BCUT2D eigenvalue weighted by Gasteiger charge is -2.32. The van der Waals surface area contributed by atoms with Crippen LogP contribution in [0.25, 0.3) is 0 Å². The van der Waals surface area contributed by atoms with Gasteiger partial charge in [0, 0.05) is 25.3 Å².